The second-order valence-electron chi connectivity index (χ2n) is 6.05. The Balaban J connectivity index is 1.85. The molecule has 0 fully saturated rings. The number of aliphatic carboxylic acids is 1. The molecule has 0 saturated carbocycles. The van der Waals surface area contributed by atoms with Gasteiger partial charge in [-0.1, -0.05) is 18.2 Å². The van der Waals surface area contributed by atoms with E-state index in [1.165, 1.54) is 0 Å². The molecule has 146 valence electrons. The number of carboxylic acid groups (broad SMARTS) is 1. The third-order valence-electron chi connectivity index (χ3n) is 3.92. The Morgan fingerprint density at radius 2 is 1.82 bits per heavy atom. The van der Waals surface area contributed by atoms with Crippen molar-refractivity contribution in [1.29, 1.82) is 0 Å². The highest BCUT2D eigenvalue weighted by atomic mass is 19.4. The standard InChI is InChI=1S/C19H15F3N2O4/c20-19(21,22)15-10-16(25)24-18(23-15)13-4-3-12-9-14(6-5-11(12)8-13)28-7-1-2-17(26)27/h3-6,8-10H,1-2,7H2,(H,26,27)(H,23,24,25). The second kappa shape index (κ2) is 7.71. The molecule has 0 aliphatic heterocycles. The molecule has 1 aromatic heterocycles. The van der Waals surface area contributed by atoms with Crippen molar-refractivity contribution in [2.24, 2.45) is 0 Å². The molecule has 0 saturated heterocycles. The predicted molar refractivity (Wildman–Crippen MR) is 95.2 cm³/mol. The molecule has 0 unspecified atom stereocenters. The Morgan fingerprint density at radius 1 is 1.11 bits per heavy atom. The third-order valence-corrected chi connectivity index (χ3v) is 3.92. The van der Waals surface area contributed by atoms with Gasteiger partial charge < -0.3 is 14.8 Å². The van der Waals surface area contributed by atoms with Gasteiger partial charge in [0, 0.05) is 18.1 Å². The number of carboxylic acids is 1. The Hall–Kier alpha value is -3.36. The largest absolute Gasteiger partial charge is 0.494 e. The SMILES string of the molecule is O=C(O)CCCOc1ccc2cc(-c3nc(C(F)(F)F)cc(=O)[nH]3)ccc2c1. The zero-order valence-electron chi connectivity index (χ0n) is 14.4. The van der Waals surface area contributed by atoms with Gasteiger partial charge in [0.2, 0.25) is 0 Å². The lowest BCUT2D eigenvalue weighted by molar-refractivity contribution is -0.141. The highest BCUT2D eigenvalue weighted by molar-refractivity contribution is 5.87. The van der Waals surface area contributed by atoms with Crippen LogP contribution in [0.5, 0.6) is 5.75 Å². The van der Waals surface area contributed by atoms with Crippen molar-refractivity contribution in [3.8, 4) is 17.1 Å². The molecular formula is C19H15F3N2O4. The van der Waals surface area contributed by atoms with Crippen LogP contribution in [0.1, 0.15) is 18.5 Å². The van der Waals surface area contributed by atoms with Gasteiger partial charge in [-0.2, -0.15) is 13.2 Å². The first-order valence-corrected chi connectivity index (χ1v) is 8.30. The molecule has 6 nitrogen and oxygen atoms in total. The molecule has 0 bridgehead atoms. The summed E-state index contributed by atoms with van der Waals surface area (Å²) in [4.78, 5) is 27.9. The molecule has 2 aromatic carbocycles. The molecule has 0 aliphatic rings. The van der Waals surface area contributed by atoms with Gasteiger partial charge >= 0.3 is 12.1 Å². The first-order valence-electron chi connectivity index (χ1n) is 8.30. The van der Waals surface area contributed by atoms with Gasteiger partial charge in [0.15, 0.2) is 5.69 Å². The maximum absolute atomic E-state index is 12.9. The number of ether oxygens (including phenoxy) is 1. The molecular weight excluding hydrogens is 377 g/mol. The number of H-pyrrole nitrogens is 1. The van der Waals surface area contributed by atoms with Gasteiger partial charge in [0.25, 0.3) is 5.56 Å². The fraction of sp³-hybridized carbons (Fsp3) is 0.211. The summed E-state index contributed by atoms with van der Waals surface area (Å²) in [5, 5.41) is 10.1. The quantitative estimate of drug-likeness (QED) is 0.622. The van der Waals surface area contributed by atoms with Crippen molar-refractivity contribution in [2.45, 2.75) is 19.0 Å². The minimum atomic E-state index is -4.72. The van der Waals surface area contributed by atoms with E-state index in [1.807, 2.05) is 0 Å². The number of rotatable bonds is 6. The molecule has 3 aromatic rings. The van der Waals surface area contributed by atoms with Gasteiger partial charge in [0.05, 0.1) is 6.61 Å². The molecule has 3 rings (SSSR count). The van der Waals surface area contributed by atoms with Crippen LogP contribution in [0, 0.1) is 0 Å². The van der Waals surface area contributed by atoms with Crippen LogP contribution in [0.2, 0.25) is 0 Å². The highest BCUT2D eigenvalue weighted by Crippen LogP contribution is 2.29. The molecule has 0 atom stereocenters. The van der Waals surface area contributed by atoms with Crippen molar-refractivity contribution in [3.05, 3.63) is 58.5 Å². The molecule has 0 aliphatic carbocycles. The number of fused-ring (bicyclic) bond motifs is 1. The maximum atomic E-state index is 12.9. The van der Waals surface area contributed by atoms with Crippen LogP contribution in [0.25, 0.3) is 22.2 Å². The lowest BCUT2D eigenvalue weighted by atomic mass is 10.1. The number of nitrogens with one attached hydrogen (secondary N) is 1. The van der Waals surface area contributed by atoms with E-state index in [9.17, 15) is 22.8 Å². The maximum Gasteiger partial charge on any atom is 0.433 e. The summed E-state index contributed by atoms with van der Waals surface area (Å²) in [6, 6.07) is 10.4. The number of halogens is 3. The van der Waals surface area contributed by atoms with Crippen molar-refractivity contribution < 1.29 is 27.8 Å². The number of hydrogen-bond donors (Lipinski definition) is 2. The predicted octanol–water partition coefficient (Wildman–Crippen LogP) is 3.85. The van der Waals surface area contributed by atoms with Gasteiger partial charge in [-0.3, -0.25) is 9.59 Å². The first-order chi connectivity index (χ1) is 13.2. The van der Waals surface area contributed by atoms with Gasteiger partial charge in [-0.05, 0) is 35.4 Å². The smallest absolute Gasteiger partial charge is 0.433 e. The summed E-state index contributed by atoms with van der Waals surface area (Å²) >= 11 is 0. The molecule has 0 radical (unpaired) electrons. The van der Waals surface area contributed by atoms with E-state index in [0.29, 0.717) is 23.8 Å². The zero-order valence-corrected chi connectivity index (χ0v) is 14.4. The lowest BCUT2D eigenvalue weighted by Crippen LogP contribution is -2.16. The van der Waals surface area contributed by atoms with Crippen molar-refractivity contribution >= 4 is 16.7 Å². The monoisotopic (exact) mass is 392 g/mol. The summed E-state index contributed by atoms with van der Waals surface area (Å²) in [5.41, 5.74) is -1.80. The molecule has 0 spiro atoms. The van der Waals surface area contributed by atoms with Crippen LogP contribution in [0.15, 0.2) is 47.3 Å². The van der Waals surface area contributed by atoms with Gasteiger partial charge in [-0.15, -0.1) is 0 Å². The normalized spacial score (nSPS) is 11.5. The van der Waals surface area contributed by atoms with Crippen molar-refractivity contribution in [2.75, 3.05) is 6.61 Å². The molecule has 28 heavy (non-hydrogen) atoms. The van der Waals surface area contributed by atoms with Crippen LogP contribution in [-0.2, 0) is 11.0 Å². The van der Waals surface area contributed by atoms with E-state index in [4.69, 9.17) is 9.84 Å². The van der Waals surface area contributed by atoms with Crippen LogP contribution in [-0.4, -0.2) is 27.7 Å². The van der Waals surface area contributed by atoms with Crippen LogP contribution < -0.4 is 10.3 Å². The van der Waals surface area contributed by atoms with E-state index in [2.05, 4.69) is 9.97 Å². The van der Waals surface area contributed by atoms with Crippen molar-refractivity contribution in [1.82, 2.24) is 9.97 Å². The minimum Gasteiger partial charge on any atom is -0.494 e. The number of nitrogens with zero attached hydrogens (tertiary/aromatic N) is 1. The zero-order chi connectivity index (χ0) is 20.3. The summed E-state index contributed by atoms with van der Waals surface area (Å²) in [7, 11) is 0. The van der Waals surface area contributed by atoms with Gasteiger partial charge in [-0.25, -0.2) is 4.98 Å². The summed E-state index contributed by atoms with van der Waals surface area (Å²) in [6.45, 7) is 0.255. The number of benzene rings is 2. The molecule has 2 N–H and O–H groups in total. The Morgan fingerprint density at radius 3 is 2.54 bits per heavy atom. The fourth-order valence-electron chi connectivity index (χ4n) is 2.61. The topological polar surface area (TPSA) is 92.3 Å². The molecule has 0 amide bonds. The lowest BCUT2D eigenvalue weighted by Gasteiger charge is -2.09. The number of alkyl halides is 3. The average Bonchev–Trinajstić information content (AvgIpc) is 2.63. The van der Waals surface area contributed by atoms with E-state index < -0.39 is 23.4 Å². The Labute approximate surface area is 156 Å². The minimum absolute atomic E-state index is 0.0130. The van der Waals surface area contributed by atoms with E-state index in [-0.39, 0.29) is 18.9 Å². The van der Waals surface area contributed by atoms with E-state index >= 15 is 0 Å². The molecule has 9 heteroatoms. The second-order valence-corrected chi connectivity index (χ2v) is 6.05. The Bertz CT molecular complexity index is 1080. The van der Waals surface area contributed by atoms with Gasteiger partial charge in [0.1, 0.15) is 11.6 Å². The van der Waals surface area contributed by atoms with Crippen molar-refractivity contribution in [3.63, 3.8) is 0 Å². The van der Waals surface area contributed by atoms with Crippen LogP contribution in [0.3, 0.4) is 0 Å². The van der Waals surface area contributed by atoms with Crippen LogP contribution >= 0.6 is 0 Å². The first kappa shape index (κ1) is 19.4. The highest BCUT2D eigenvalue weighted by Gasteiger charge is 2.33. The summed E-state index contributed by atoms with van der Waals surface area (Å²) in [5.74, 6) is -0.511. The van der Waals surface area contributed by atoms with E-state index in [0.717, 1.165) is 10.8 Å². The van der Waals surface area contributed by atoms with Crippen LogP contribution in [0.4, 0.5) is 13.2 Å². The fourth-order valence-corrected chi connectivity index (χ4v) is 2.61. The summed E-state index contributed by atoms with van der Waals surface area (Å²) < 4.78 is 44.1. The average molecular weight is 392 g/mol. The van der Waals surface area contributed by atoms with E-state index in [1.54, 1.807) is 36.4 Å². The summed E-state index contributed by atoms with van der Waals surface area (Å²) in [6.07, 6.45) is -4.33. The molecule has 1 heterocycles. The number of aromatic nitrogens is 2. The number of hydrogen-bond acceptors (Lipinski definition) is 4. The number of carbonyl (C=O) groups is 1. The Kier molecular flexibility index (Phi) is 5.34. The third kappa shape index (κ3) is 4.67. The number of aromatic amines is 1.